The predicted octanol–water partition coefficient (Wildman–Crippen LogP) is 12.2. The molecule has 174 valence electrons. The van der Waals surface area contributed by atoms with Crippen molar-refractivity contribution in [2.75, 3.05) is 0 Å². The molecule has 9 aromatic rings. The van der Waals surface area contributed by atoms with Crippen LogP contribution in [-0.2, 0) is 0 Å². The van der Waals surface area contributed by atoms with Crippen LogP contribution in [-0.4, -0.2) is 0 Å². The lowest BCUT2D eigenvalue weighted by atomic mass is 10.1. The summed E-state index contributed by atoms with van der Waals surface area (Å²) in [6, 6.07) is 32.5. The first kappa shape index (κ1) is 20.9. The molecular formula is C32H16S5. The van der Waals surface area contributed by atoms with Gasteiger partial charge in [0.25, 0.3) is 0 Å². The fraction of sp³-hybridized carbons (Fsp3) is 0. The van der Waals surface area contributed by atoms with Crippen LogP contribution < -0.4 is 0 Å². The summed E-state index contributed by atoms with van der Waals surface area (Å²) >= 11 is 9.37. The molecule has 5 heteroatoms. The Balaban J connectivity index is 1.18. The second-order valence-electron chi connectivity index (χ2n) is 9.44. The first-order chi connectivity index (χ1) is 18.2. The van der Waals surface area contributed by atoms with Gasteiger partial charge in [-0.15, -0.1) is 56.7 Å². The largest absolute Gasteiger partial charge is 0.144 e. The van der Waals surface area contributed by atoms with Crippen molar-refractivity contribution in [1.82, 2.24) is 0 Å². The standard InChI is InChI=1S/C32H16S5/c1-3-19(11-25-17(1)5-7-33-25)27-13-21-9-23-24-10-22-14-28(20-4-2-18-6-8-34-26(18)12-20)36-30(22)16-32(24)37-31(23)15-29(21)35-27/h1-16H. The quantitative estimate of drug-likeness (QED) is 0.197. The summed E-state index contributed by atoms with van der Waals surface area (Å²) in [4.78, 5) is 2.69. The summed E-state index contributed by atoms with van der Waals surface area (Å²) in [6.45, 7) is 0. The summed E-state index contributed by atoms with van der Waals surface area (Å²) in [5, 5.41) is 12.4. The van der Waals surface area contributed by atoms with Crippen molar-refractivity contribution in [1.29, 1.82) is 0 Å². The van der Waals surface area contributed by atoms with E-state index in [1.54, 1.807) is 0 Å². The molecule has 0 saturated carbocycles. The lowest BCUT2D eigenvalue weighted by Gasteiger charge is -1.97. The topological polar surface area (TPSA) is 0 Å². The van der Waals surface area contributed by atoms with Gasteiger partial charge in [0.1, 0.15) is 0 Å². The maximum atomic E-state index is 2.41. The lowest BCUT2D eigenvalue weighted by molar-refractivity contribution is 1.81. The van der Waals surface area contributed by atoms with Crippen LogP contribution in [0.5, 0.6) is 0 Å². The van der Waals surface area contributed by atoms with Crippen LogP contribution in [0.25, 0.3) is 81.4 Å². The van der Waals surface area contributed by atoms with Crippen LogP contribution >= 0.6 is 56.7 Å². The molecule has 9 rings (SSSR count). The highest BCUT2D eigenvalue weighted by atomic mass is 32.1. The van der Waals surface area contributed by atoms with E-state index in [9.17, 15) is 0 Å². The average Bonchev–Trinajstić information content (AvgIpc) is 3.73. The number of thiophene rings is 5. The summed E-state index contributed by atoms with van der Waals surface area (Å²) in [6.07, 6.45) is 0. The fourth-order valence-electron chi connectivity index (χ4n) is 5.35. The molecule has 37 heavy (non-hydrogen) atoms. The predicted molar refractivity (Wildman–Crippen MR) is 172 cm³/mol. The third-order valence-electron chi connectivity index (χ3n) is 7.23. The van der Waals surface area contributed by atoms with Crippen LogP contribution in [0.4, 0.5) is 0 Å². The van der Waals surface area contributed by atoms with Crippen molar-refractivity contribution in [3.63, 3.8) is 0 Å². The molecule has 0 atom stereocenters. The number of hydrogen-bond donors (Lipinski definition) is 0. The molecule has 0 aliphatic carbocycles. The van der Waals surface area contributed by atoms with Crippen LogP contribution in [0.2, 0.25) is 0 Å². The molecule has 0 aliphatic rings. The smallest absolute Gasteiger partial charge is 0.0369 e. The molecule has 0 fully saturated rings. The van der Waals surface area contributed by atoms with Crippen molar-refractivity contribution in [2.24, 2.45) is 0 Å². The second kappa shape index (κ2) is 7.73. The highest BCUT2D eigenvalue weighted by Gasteiger charge is 2.13. The van der Waals surface area contributed by atoms with Gasteiger partial charge in [-0.1, -0.05) is 24.3 Å². The van der Waals surface area contributed by atoms with E-state index in [4.69, 9.17) is 0 Å². The first-order valence-corrected chi connectivity index (χ1v) is 16.2. The van der Waals surface area contributed by atoms with E-state index in [2.05, 4.69) is 95.7 Å². The number of rotatable bonds is 2. The Labute approximate surface area is 232 Å². The zero-order valence-corrected chi connectivity index (χ0v) is 23.4. The number of hydrogen-bond acceptors (Lipinski definition) is 5. The van der Waals surface area contributed by atoms with Gasteiger partial charge in [0.15, 0.2) is 0 Å². The molecule has 4 aromatic carbocycles. The molecule has 0 amide bonds. The van der Waals surface area contributed by atoms with Crippen molar-refractivity contribution < 1.29 is 0 Å². The monoisotopic (exact) mass is 560 g/mol. The molecule has 0 nitrogen and oxygen atoms in total. The Morgan fingerprint density at radius 1 is 0.351 bits per heavy atom. The minimum absolute atomic E-state index is 1.32. The Morgan fingerprint density at radius 3 is 1.38 bits per heavy atom. The van der Waals surface area contributed by atoms with Crippen molar-refractivity contribution in [3.8, 4) is 20.9 Å². The van der Waals surface area contributed by atoms with E-state index in [1.165, 1.54) is 81.4 Å². The van der Waals surface area contributed by atoms with Gasteiger partial charge < -0.3 is 0 Å². The molecular weight excluding hydrogens is 545 g/mol. The van der Waals surface area contributed by atoms with Crippen LogP contribution in [0, 0.1) is 0 Å². The molecule has 0 radical (unpaired) electrons. The average molecular weight is 561 g/mol. The zero-order valence-electron chi connectivity index (χ0n) is 19.3. The maximum absolute atomic E-state index is 2.41. The van der Waals surface area contributed by atoms with E-state index in [0.29, 0.717) is 0 Å². The van der Waals surface area contributed by atoms with Gasteiger partial charge in [-0.25, -0.2) is 0 Å². The Kier molecular flexibility index (Phi) is 4.37. The lowest BCUT2D eigenvalue weighted by Crippen LogP contribution is -1.70. The third-order valence-corrected chi connectivity index (χ3v) is 12.4. The van der Waals surface area contributed by atoms with Crippen molar-refractivity contribution >= 4 is 117 Å². The van der Waals surface area contributed by atoms with Gasteiger partial charge in [-0.2, -0.15) is 0 Å². The second-order valence-corrected chi connectivity index (χ2v) is 14.6. The van der Waals surface area contributed by atoms with E-state index in [0.717, 1.165) is 0 Å². The van der Waals surface area contributed by atoms with Gasteiger partial charge in [0.2, 0.25) is 0 Å². The first-order valence-electron chi connectivity index (χ1n) is 12.0. The Bertz CT molecular complexity index is 2150. The highest BCUT2D eigenvalue weighted by molar-refractivity contribution is 7.27. The third kappa shape index (κ3) is 3.22. The molecule has 5 aromatic heterocycles. The summed E-state index contributed by atoms with van der Waals surface area (Å²) in [7, 11) is 0. The Hall–Kier alpha value is -3.06. The van der Waals surface area contributed by atoms with Crippen molar-refractivity contribution in [3.05, 3.63) is 95.7 Å². The van der Waals surface area contributed by atoms with Crippen LogP contribution in [0.3, 0.4) is 0 Å². The molecule has 0 bridgehead atoms. The van der Waals surface area contributed by atoms with Gasteiger partial charge >= 0.3 is 0 Å². The minimum atomic E-state index is 1.32. The Morgan fingerprint density at radius 2 is 0.865 bits per heavy atom. The molecule has 0 N–H and O–H groups in total. The summed E-state index contributed by atoms with van der Waals surface area (Å²) in [5.41, 5.74) is 2.63. The summed E-state index contributed by atoms with van der Waals surface area (Å²) in [5.74, 6) is 0. The normalized spacial score (nSPS) is 12.3. The maximum Gasteiger partial charge on any atom is 0.0369 e. The van der Waals surface area contributed by atoms with Crippen LogP contribution in [0.1, 0.15) is 0 Å². The van der Waals surface area contributed by atoms with Crippen molar-refractivity contribution in [2.45, 2.75) is 0 Å². The summed E-state index contributed by atoms with van der Waals surface area (Å²) < 4.78 is 8.21. The van der Waals surface area contributed by atoms with E-state index in [-0.39, 0.29) is 0 Å². The van der Waals surface area contributed by atoms with Gasteiger partial charge in [0.05, 0.1) is 0 Å². The van der Waals surface area contributed by atoms with Gasteiger partial charge in [-0.3, -0.25) is 0 Å². The number of benzene rings is 4. The van der Waals surface area contributed by atoms with Gasteiger partial charge in [-0.05, 0) is 104 Å². The number of fused-ring (bicyclic) bond motifs is 7. The van der Waals surface area contributed by atoms with E-state index in [1.807, 2.05) is 56.7 Å². The molecule has 5 heterocycles. The minimum Gasteiger partial charge on any atom is -0.144 e. The highest BCUT2D eigenvalue weighted by Crippen LogP contribution is 2.44. The van der Waals surface area contributed by atoms with Gasteiger partial charge in [0, 0.05) is 48.7 Å². The zero-order chi connectivity index (χ0) is 24.1. The van der Waals surface area contributed by atoms with Crippen LogP contribution in [0.15, 0.2) is 95.7 Å². The fourth-order valence-corrected chi connectivity index (χ4v) is 10.5. The molecule has 0 saturated heterocycles. The van der Waals surface area contributed by atoms with E-state index >= 15 is 0 Å². The van der Waals surface area contributed by atoms with E-state index < -0.39 is 0 Å². The molecule has 0 spiro atoms. The molecule has 0 unspecified atom stereocenters. The molecule has 0 aliphatic heterocycles. The SMILES string of the molecule is c1cc2ccc(-c3cc4cc5c(cc4s3)sc3cc4sc(-c6ccc7ccsc7c6)cc4cc35)cc2s1.